The minimum Gasteiger partial charge on any atom is -0.389 e. The van der Waals surface area contributed by atoms with E-state index in [1.807, 2.05) is 30.8 Å². The number of aliphatic hydroxyl groups excluding tert-OH is 1. The summed E-state index contributed by atoms with van der Waals surface area (Å²) >= 11 is 2.01. The summed E-state index contributed by atoms with van der Waals surface area (Å²) in [7, 11) is 0. The molecule has 1 N–H and O–H groups in total. The summed E-state index contributed by atoms with van der Waals surface area (Å²) in [6.07, 6.45) is -0.391. The molecule has 2 atom stereocenters. The van der Waals surface area contributed by atoms with Gasteiger partial charge < -0.3 is 10.0 Å². The third-order valence-electron chi connectivity index (χ3n) is 3.06. The number of hydrogen-bond donors (Lipinski definition) is 1. The van der Waals surface area contributed by atoms with Crippen molar-refractivity contribution in [1.29, 1.82) is 0 Å². The van der Waals surface area contributed by atoms with Crippen molar-refractivity contribution >= 4 is 17.4 Å². The van der Waals surface area contributed by atoms with Gasteiger partial charge in [-0.25, -0.2) is 0 Å². The van der Waals surface area contributed by atoms with Gasteiger partial charge in [-0.3, -0.25) is 0 Å². The van der Waals surface area contributed by atoms with Crippen LogP contribution in [0.5, 0.6) is 0 Å². The Morgan fingerprint density at radius 3 is 2.88 bits per heavy atom. The van der Waals surface area contributed by atoms with E-state index in [9.17, 15) is 5.11 Å². The zero-order valence-corrected chi connectivity index (χ0v) is 10.7. The van der Waals surface area contributed by atoms with E-state index >= 15 is 0 Å². The van der Waals surface area contributed by atoms with Crippen LogP contribution >= 0.6 is 11.8 Å². The van der Waals surface area contributed by atoms with Crippen LogP contribution < -0.4 is 4.90 Å². The standard InChI is InChI=1S/C13H19NOS/c1-10-9-16-8-7-14(10)13-6-4-3-5-12(13)11(2)15/h3-6,10-11,15H,7-9H2,1-2H3/t10?,11-/m1/s1. The number of thioether (sulfide) groups is 1. The van der Waals surface area contributed by atoms with Gasteiger partial charge in [-0.05, 0) is 19.9 Å². The Hall–Kier alpha value is -0.670. The van der Waals surface area contributed by atoms with E-state index in [4.69, 9.17) is 0 Å². The molecule has 0 amide bonds. The molecule has 0 saturated carbocycles. The summed E-state index contributed by atoms with van der Waals surface area (Å²) in [5.74, 6) is 2.35. The Balaban J connectivity index is 2.31. The highest BCUT2D eigenvalue weighted by atomic mass is 32.2. The summed E-state index contributed by atoms with van der Waals surface area (Å²) in [6, 6.07) is 8.74. The first-order chi connectivity index (χ1) is 7.70. The minimum atomic E-state index is -0.391. The van der Waals surface area contributed by atoms with Crippen LogP contribution in [-0.2, 0) is 0 Å². The molecule has 3 heteroatoms. The van der Waals surface area contributed by atoms with Crippen molar-refractivity contribution in [1.82, 2.24) is 0 Å². The number of nitrogens with zero attached hydrogens (tertiary/aromatic N) is 1. The molecule has 16 heavy (non-hydrogen) atoms. The number of benzene rings is 1. The zero-order chi connectivity index (χ0) is 11.5. The van der Waals surface area contributed by atoms with Crippen LogP contribution in [0.25, 0.3) is 0 Å². The number of aliphatic hydroxyl groups is 1. The molecule has 1 unspecified atom stereocenters. The van der Waals surface area contributed by atoms with Gasteiger partial charge in [0.2, 0.25) is 0 Å². The van der Waals surface area contributed by atoms with Crippen molar-refractivity contribution in [3.05, 3.63) is 29.8 Å². The van der Waals surface area contributed by atoms with Gasteiger partial charge in [0.25, 0.3) is 0 Å². The molecule has 0 radical (unpaired) electrons. The summed E-state index contributed by atoms with van der Waals surface area (Å²) in [5.41, 5.74) is 2.24. The maximum Gasteiger partial charge on any atom is 0.0781 e. The Bertz CT molecular complexity index is 354. The molecule has 0 bridgehead atoms. The van der Waals surface area contributed by atoms with E-state index in [0.29, 0.717) is 6.04 Å². The monoisotopic (exact) mass is 237 g/mol. The highest BCUT2D eigenvalue weighted by Gasteiger charge is 2.21. The Labute approximate surface area is 102 Å². The zero-order valence-electron chi connectivity index (χ0n) is 9.89. The summed E-state index contributed by atoms with van der Waals surface area (Å²) in [5, 5.41) is 9.79. The molecule has 1 heterocycles. The molecule has 1 fully saturated rings. The maximum atomic E-state index is 9.79. The normalized spacial score (nSPS) is 23.2. The highest BCUT2D eigenvalue weighted by Crippen LogP contribution is 2.30. The number of hydrogen-bond acceptors (Lipinski definition) is 3. The van der Waals surface area contributed by atoms with Crippen LogP contribution in [0, 0.1) is 0 Å². The molecular weight excluding hydrogens is 218 g/mol. The minimum absolute atomic E-state index is 0.391. The first-order valence-electron chi connectivity index (χ1n) is 5.81. The van der Waals surface area contributed by atoms with E-state index in [1.165, 1.54) is 17.2 Å². The number of para-hydroxylation sites is 1. The fourth-order valence-corrected chi connectivity index (χ4v) is 3.20. The lowest BCUT2D eigenvalue weighted by Crippen LogP contribution is -2.41. The largest absolute Gasteiger partial charge is 0.389 e. The van der Waals surface area contributed by atoms with Crippen LogP contribution in [0.15, 0.2) is 24.3 Å². The molecule has 2 nitrogen and oxygen atoms in total. The first kappa shape index (κ1) is 11.8. The predicted molar refractivity (Wildman–Crippen MR) is 71.2 cm³/mol. The molecule has 1 saturated heterocycles. The van der Waals surface area contributed by atoms with Gasteiger partial charge >= 0.3 is 0 Å². The van der Waals surface area contributed by atoms with Gasteiger partial charge in [0, 0.05) is 35.3 Å². The van der Waals surface area contributed by atoms with Gasteiger partial charge in [0.05, 0.1) is 6.10 Å². The first-order valence-corrected chi connectivity index (χ1v) is 6.97. The van der Waals surface area contributed by atoms with E-state index in [-0.39, 0.29) is 0 Å². The van der Waals surface area contributed by atoms with Crippen molar-refractivity contribution in [3.8, 4) is 0 Å². The highest BCUT2D eigenvalue weighted by molar-refractivity contribution is 7.99. The van der Waals surface area contributed by atoms with Crippen molar-refractivity contribution in [2.24, 2.45) is 0 Å². The molecule has 2 rings (SSSR count). The van der Waals surface area contributed by atoms with Gasteiger partial charge in [-0.1, -0.05) is 18.2 Å². The maximum absolute atomic E-state index is 9.79. The van der Waals surface area contributed by atoms with Crippen molar-refractivity contribution in [2.45, 2.75) is 26.0 Å². The van der Waals surface area contributed by atoms with Gasteiger partial charge in [0.15, 0.2) is 0 Å². The Morgan fingerprint density at radius 1 is 1.44 bits per heavy atom. The third-order valence-corrected chi connectivity index (χ3v) is 4.25. The molecule has 0 spiro atoms. The lowest BCUT2D eigenvalue weighted by Gasteiger charge is -2.36. The molecule has 1 aromatic rings. The Morgan fingerprint density at radius 2 is 2.19 bits per heavy atom. The van der Waals surface area contributed by atoms with Gasteiger partial charge in [-0.2, -0.15) is 11.8 Å². The van der Waals surface area contributed by atoms with Crippen LogP contribution in [-0.4, -0.2) is 29.2 Å². The van der Waals surface area contributed by atoms with Gasteiger partial charge in [0.1, 0.15) is 0 Å². The smallest absolute Gasteiger partial charge is 0.0781 e. The fourth-order valence-electron chi connectivity index (χ4n) is 2.19. The average Bonchev–Trinajstić information content (AvgIpc) is 2.29. The topological polar surface area (TPSA) is 23.5 Å². The van der Waals surface area contributed by atoms with Gasteiger partial charge in [-0.15, -0.1) is 0 Å². The SMILES string of the molecule is CC1CSCCN1c1ccccc1[C@@H](C)O. The second-order valence-electron chi connectivity index (χ2n) is 4.35. The fraction of sp³-hybridized carbons (Fsp3) is 0.538. The summed E-state index contributed by atoms with van der Waals surface area (Å²) in [4.78, 5) is 2.42. The van der Waals surface area contributed by atoms with E-state index in [2.05, 4.69) is 24.0 Å². The van der Waals surface area contributed by atoms with Crippen molar-refractivity contribution < 1.29 is 5.11 Å². The molecule has 0 aromatic heterocycles. The third kappa shape index (κ3) is 2.36. The summed E-state index contributed by atoms with van der Waals surface area (Å²) < 4.78 is 0. The van der Waals surface area contributed by atoms with Crippen LogP contribution in [0.3, 0.4) is 0 Å². The quantitative estimate of drug-likeness (QED) is 0.855. The molecule has 1 aliphatic rings. The molecular formula is C13H19NOS. The van der Waals surface area contributed by atoms with Crippen molar-refractivity contribution in [2.75, 3.05) is 23.0 Å². The van der Waals surface area contributed by atoms with Crippen LogP contribution in [0.1, 0.15) is 25.5 Å². The van der Waals surface area contributed by atoms with Crippen LogP contribution in [0.4, 0.5) is 5.69 Å². The molecule has 88 valence electrons. The van der Waals surface area contributed by atoms with E-state index in [0.717, 1.165) is 12.1 Å². The predicted octanol–water partition coefficient (Wildman–Crippen LogP) is 2.68. The second kappa shape index (κ2) is 5.11. The molecule has 1 aliphatic heterocycles. The molecule has 0 aliphatic carbocycles. The molecule has 1 aromatic carbocycles. The number of rotatable bonds is 2. The average molecular weight is 237 g/mol. The van der Waals surface area contributed by atoms with Crippen LogP contribution in [0.2, 0.25) is 0 Å². The second-order valence-corrected chi connectivity index (χ2v) is 5.50. The lowest BCUT2D eigenvalue weighted by molar-refractivity contribution is 0.199. The van der Waals surface area contributed by atoms with Crippen molar-refractivity contribution in [3.63, 3.8) is 0 Å². The lowest BCUT2D eigenvalue weighted by atomic mass is 10.1. The van der Waals surface area contributed by atoms with E-state index in [1.54, 1.807) is 0 Å². The Kier molecular flexibility index (Phi) is 3.77. The summed E-state index contributed by atoms with van der Waals surface area (Å²) in [6.45, 7) is 5.17. The number of anilines is 1. The van der Waals surface area contributed by atoms with E-state index < -0.39 is 6.10 Å².